The zero-order chi connectivity index (χ0) is 15.0. The van der Waals surface area contributed by atoms with Crippen molar-refractivity contribution >= 4 is 23.9 Å². The number of ether oxygens (including phenoxy) is 1. The maximum absolute atomic E-state index is 10.5. The summed E-state index contributed by atoms with van der Waals surface area (Å²) in [6.45, 7) is 0.144. The van der Waals surface area contributed by atoms with Crippen LogP contribution in [-0.2, 0) is 4.79 Å². The van der Waals surface area contributed by atoms with Crippen LogP contribution >= 0.6 is 0 Å². The van der Waals surface area contributed by atoms with Gasteiger partial charge in [-0.3, -0.25) is 0 Å². The van der Waals surface area contributed by atoms with Gasteiger partial charge in [0.25, 0.3) is 0 Å². The molecule has 4 N–H and O–H groups in total. The molecule has 0 aliphatic carbocycles. The van der Waals surface area contributed by atoms with E-state index in [1.807, 2.05) is 37.2 Å². The number of carbonyl (C=O) groups is 1. The van der Waals surface area contributed by atoms with Crippen LogP contribution in [0.15, 0.2) is 30.5 Å². The van der Waals surface area contributed by atoms with Crippen LogP contribution in [0.25, 0.3) is 0 Å². The zero-order valence-corrected chi connectivity index (χ0v) is 11.7. The molecule has 1 atom stereocenters. The van der Waals surface area contributed by atoms with Gasteiger partial charge < -0.3 is 30.9 Å². The number of benzene rings is 1. The van der Waals surface area contributed by atoms with Gasteiger partial charge in [0.15, 0.2) is 0 Å². The Morgan fingerprint density at radius 1 is 1.50 bits per heavy atom. The standard InChI is InChI=1S/C14H20N4O2/c1-18(2)13-8-12(17-7-3-6-15)4-5-14(13)20-10-11(16)9-19/h3-9,11,15,17H,10,16H2,1-2H3/b7-3-,15-6?/t11-/m1/s1. The SMILES string of the molecule is CN(C)c1cc(N/C=C\C=N)ccc1OC[C@H](N)C=O. The second-order valence-electron chi connectivity index (χ2n) is 4.36. The first kappa shape index (κ1) is 15.7. The van der Waals surface area contributed by atoms with Crippen molar-refractivity contribution in [3.8, 4) is 5.75 Å². The Morgan fingerprint density at radius 3 is 2.85 bits per heavy atom. The lowest BCUT2D eigenvalue weighted by atomic mass is 10.2. The highest BCUT2D eigenvalue weighted by Gasteiger charge is 2.09. The molecule has 6 nitrogen and oxygen atoms in total. The van der Waals surface area contributed by atoms with Crippen LogP contribution in [-0.4, -0.2) is 39.2 Å². The van der Waals surface area contributed by atoms with Crippen molar-refractivity contribution in [2.75, 3.05) is 30.9 Å². The van der Waals surface area contributed by atoms with Crippen LogP contribution in [0, 0.1) is 5.41 Å². The molecular formula is C14H20N4O2. The van der Waals surface area contributed by atoms with Gasteiger partial charge in [0.05, 0.1) is 11.7 Å². The summed E-state index contributed by atoms with van der Waals surface area (Å²) < 4.78 is 5.55. The Balaban J connectivity index is 2.86. The van der Waals surface area contributed by atoms with Crippen LogP contribution in [0.2, 0.25) is 0 Å². The molecule has 0 saturated carbocycles. The summed E-state index contributed by atoms with van der Waals surface area (Å²) >= 11 is 0. The Labute approximate surface area is 118 Å². The molecule has 0 spiro atoms. The number of hydrogen-bond donors (Lipinski definition) is 3. The Morgan fingerprint density at radius 2 is 2.25 bits per heavy atom. The molecule has 108 valence electrons. The molecule has 1 rings (SSSR count). The van der Waals surface area contributed by atoms with Crippen molar-refractivity contribution in [2.45, 2.75) is 6.04 Å². The van der Waals surface area contributed by atoms with Gasteiger partial charge in [-0.15, -0.1) is 0 Å². The number of hydrogen-bond acceptors (Lipinski definition) is 6. The van der Waals surface area contributed by atoms with E-state index in [9.17, 15) is 4.79 Å². The van der Waals surface area contributed by atoms with Gasteiger partial charge in [-0.2, -0.15) is 0 Å². The summed E-state index contributed by atoms with van der Waals surface area (Å²) in [5, 5.41) is 9.96. The summed E-state index contributed by atoms with van der Waals surface area (Å²) in [5.74, 6) is 0.661. The molecule has 6 heteroatoms. The number of nitrogens with zero attached hydrogens (tertiary/aromatic N) is 1. The third-order valence-electron chi connectivity index (χ3n) is 2.49. The number of nitrogens with two attached hydrogens (primary N) is 1. The number of carbonyl (C=O) groups excluding carboxylic acids is 1. The summed E-state index contributed by atoms with van der Waals surface area (Å²) in [6, 6.07) is 4.95. The monoisotopic (exact) mass is 276 g/mol. The summed E-state index contributed by atoms with van der Waals surface area (Å²) in [5.41, 5.74) is 7.25. The predicted molar refractivity (Wildman–Crippen MR) is 81.8 cm³/mol. The Hall–Kier alpha value is -2.34. The molecule has 0 radical (unpaired) electrons. The molecule has 1 aromatic rings. The van der Waals surface area contributed by atoms with E-state index in [4.69, 9.17) is 15.9 Å². The minimum Gasteiger partial charge on any atom is -0.489 e. The summed E-state index contributed by atoms with van der Waals surface area (Å²) in [4.78, 5) is 12.4. The lowest BCUT2D eigenvalue weighted by Crippen LogP contribution is -2.29. The molecule has 0 bridgehead atoms. The van der Waals surface area contributed by atoms with Gasteiger partial charge in [-0.05, 0) is 24.3 Å². The lowest BCUT2D eigenvalue weighted by molar-refractivity contribution is -0.109. The Kier molecular flexibility index (Phi) is 6.25. The van der Waals surface area contributed by atoms with E-state index in [0.717, 1.165) is 11.4 Å². The molecule has 20 heavy (non-hydrogen) atoms. The van der Waals surface area contributed by atoms with Crippen LogP contribution < -0.4 is 20.7 Å². The molecule has 0 unspecified atom stereocenters. The number of rotatable bonds is 8. The third kappa shape index (κ3) is 4.74. The van der Waals surface area contributed by atoms with E-state index in [0.29, 0.717) is 12.0 Å². The van der Waals surface area contributed by atoms with Crippen molar-refractivity contribution in [1.29, 1.82) is 5.41 Å². The van der Waals surface area contributed by atoms with E-state index < -0.39 is 6.04 Å². The number of anilines is 2. The molecule has 1 aromatic carbocycles. The topological polar surface area (TPSA) is 91.4 Å². The lowest BCUT2D eigenvalue weighted by Gasteiger charge is -2.19. The van der Waals surface area contributed by atoms with Gasteiger partial charge >= 0.3 is 0 Å². The highest BCUT2D eigenvalue weighted by molar-refractivity contribution is 5.70. The van der Waals surface area contributed by atoms with E-state index in [1.165, 1.54) is 6.21 Å². The molecule has 0 saturated heterocycles. The third-order valence-corrected chi connectivity index (χ3v) is 2.49. The molecule has 0 fully saturated rings. The van der Waals surface area contributed by atoms with Crippen LogP contribution in [0.3, 0.4) is 0 Å². The van der Waals surface area contributed by atoms with Crippen molar-refractivity contribution in [3.63, 3.8) is 0 Å². The van der Waals surface area contributed by atoms with Gasteiger partial charge in [-0.25, -0.2) is 0 Å². The zero-order valence-electron chi connectivity index (χ0n) is 11.7. The van der Waals surface area contributed by atoms with Crippen LogP contribution in [0.5, 0.6) is 5.75 Å². The average Bonchev–Trinajstić information content (AvgIpc) is 2.45. The van der Waals surface area contributed by atoms with E-state index in [2.05, 4.69) is 5.32 Å². The summed E-state index contributed by atoms with van der Waals surface area (Å²) in [7, 11) is 3.80. The molecular weight excluding hydrogens is 256 g/mol. The van der Waals surface area contributed by atoms with E-state index >= 15 is 0 Å². The fourth-order valence-corrected chi connectivity index (χ4v) is 1.50. The van der Waals surface area contributed by atoms with Gasteiger partial charge in [0.2, 0.25) is 0 Å². The number of aldehydes is 1. The highest BCUT2D eigenvalue weighted by atomic mass is 16.5. The van der Waals surface area contributed by atoms with Gasteiger partial charge in [-0.1, -0.05) is 0 Å². The molecule has 0 amide bonds. The number of allylic oxidation sites excluding steroid dienone is 1. The number of nitrogens with one attached hydrogen (secondary N) is 2. The predicted octanol–water partition coefficient (Wildman–Crippen LogP) is 1.23. The fourth-order valence-electron chi connectivity index (χ4n) is 1.50. The normalized spacial score (nSPS) is 11.9. The summed E-state index contributed by atoms with van der Waals surface area (Å²) in [6.07, 6.45) is 5.11. The molecule has 0 heterocycles. The average molecular weight is 276 g/mol. The van der Waals surface area contributed by atoms with Crippen molar-refractivity contribution in [1.82, 2.24) is 0 Å². The van der Waals surface area contributed by atoms with Crippen LogP contribution in [0.1, 0.15) is 0 Å². The highest BCUT2D eigenvalue weighted by Crippen LogP contribution is 2.30. The largest absolute Gasteiger partial charge is 0.489 e. The second-order valence-corrected chi connectivity index (χ2v) is 4.36. The van der Waals surface area contributed by atoms with E-state index in [-0.39, 0.29) is 6.61 Å². The van der Waals surface area contributed by atoms with Crippen LogP contribution in [0.4, 0.5) is 11.4 Å². The quantitative estimate of drug-likeness (QED) is 0.491. The molecule has 0 aliphatic rings. The van der Waals surface area contributed by atoms with Crippen molar-refractivity contribution in [3.05, 3.63) is 30.5 Å². The minimum absolute atomic E-state index is 0.144. The van der Waals surface area contributed by atoms with Crippen molar-refractivity contribution < 1.29 is 9.53 Å². The maximum Gasteiger partial charge on any atom is 0.142 e. The first-order chi connectivity index (χ1) is 9.58. The van der Waals surface area contributed by atoms with E-state index in [1.54, 1.807) is 12.3 Å². The second kappa shape index (κ2) is 7.96. The Bertz CT molecular complexity index is 486. The van der Waals surface area contributed by atoms with Gasteiger partial charge in [0.1, 0.15) is 18.6 Å². The van der Waals surface area contributed by atoms with Gasteiger partial charge in [0, 0.05) is 32.2 Å². The first-order valence-corrected chi connectivity index (χ1v) is 6.15. The molecule has 0 aliphatic heterocycles. The first-order valence-electron chi connectivity index (χ1n) is 6.15. The fraction of sp³-hybridized carbons (Fsp3) is 0.286. The minimum atomic E-state index is -0.627. The smallest absolute Gasteiger partial charge is 0.142 e. The molecule has 0 aromatic heterocycles. The maximum atomic E-state index is 10.5. The van der Waals surface area contributed by atoms with Crippen molar-refractivity contribution in [2.24, 2.45) is 5.73 Å².